The van der Waals surface area contributed by atoms with Gasteiger partial charge in [-0.25, -0.2) is 23.1 Å². The van der Waals surface area contributed by atoms with E-state index in [9.17, 15) is 26.4 Å². The summed E-state index contributed by atoms with van der Waals surface area (Å²) < 4.78 is 64.7. The van der Waals surface area contributed by atoms with E-state index in [4.69, 9.17) is 0 Å². The smallest absolute Gasteiger partial charge is 0.361 e. The molecule has 9 nitrogen and oxygen atoms in total. The third kappa shape index (κ3) is 4.78. The van der Waals surface area contributed by atoms with Crippen molar-refractivity contribution in [3.63, 3.8) is 0 Å². The molecule has 1 aliphatic heterocycles. The van der Waals surface area contributed by atoms with Crippen LogP contribution in [0.3, 0.4) is 0 Å². The molecule has 33 heavy (non-hydrogen) atoms. The molecule has 13 heteroatoms. The van der Waals surface area contributed by atoms with Crippen LogP contribution in [0.15, 0.2) is 53.9 Å². The van der Waals surface area contributed by atoms with Gasteiger partial charge < -0.3 is 10.2 Å². The fourth-order valence-corrected chi connectivity index (χ4v) is 3.85. The molecular weight excluding hydrogens is 461 g/mol. The van der Waals surface area contributed by atoms with Crippen LogP contribution in [0.2, 0.25) is 0 Å². The van der Waals surface area contributed by atoms with Crippen LogP contribution in [0.25, 0.3) is 0 Å². The van der Waals surface area contributed by atoms with Gasteiger partial charge >= 0.3 is 6.18 Å². The summed E-state index contributed by atoms with van der Waals surface area (Å²) in [5.41, 5.74) is 0.991. The number of pyridine rings is 1. The largest absolute Gasteiger partial charge is 0.416 e. The molecule has 0 spiro atoms. The van der Waals surface area contributed by atoms with Gasteiger partial charge in [-0.1, -0.05) is 6.07 Å². The fraction of sp³-hybridized carbons (Fsp3) is 0.200. The van der Waals surface area contributed by atoms with Crippen LogP contribution in [0, 0.1) is 0 Å². The van der Waals surface area contributed by atoms with Gasteiger partial charge in [0.15, 0.2) is 0 Å². The monoisotopic (exact) mass is 478 g/mol. The molecule has 0 bridgehead atoms. The number of carbonyl (C=O) groups is 1. The van der Waals surface area contributed by atoms with Gasteiger partial charge in [0.1, 0.15) is 5.69 Å². The molecule has 0 saturated carbocycles. The highest BCUT2D eigenvalue weighted by Crippen LogP contribution is 2.31. The highest BCUT2D eigenvalue weighted by molar-refractivity contribution is 7.89. The predicted molar refractivity (Wildman–Crippen MR) is 112 cm³/mol. The van der Waals surface area contributed by atoms with E-state index in [-0.39, 0.29) is 23.1 Å². The number of anilines is 2. The first-order valence-electron chi connectivity index (χ1n) is 9.55. The lowest BCUT2D eigenvalue weighted by molar-refractivity contribution is -0.137. The molecule has 3 aromatic rings. The van der Waals surface area contributed by atoms with Crippen LogP contribution in [-0.4, -0.2) is 36.3 Å². The van der Waals surface area contributed by atoms with Crippen LogP contribution in [0.5, 0.6) is 0 Å². The van der Waals surface area contributed by atoms with E-state index >= 15 is 0 Å². The van der Waals surface area contributed by atoms with E-state index in [2.05, 4.69) is 25.0 Å². The number of nitrogens with zero attached hydrogens (tertiary/aromatic N) is 4. The third-order valence-corrected chi connectivity index (χ3v) is 6.15. The Labute approximate surface area is 186 Å². The number of aromatic nitrogens is 3. The minimum Gasteiger partial charge on any atom is -0.361 e. The van der Waals surface area contributed by atoms with Gasteiger partial charge in [-0.3, -0.25) is 9.78 Å². The van der Waals surface area contributed by atoms with Crippen LogP contribution in [0.1, 0.15) is 27.3 Å². The number of benzene rings is 1. The maximum atomic E-state index is 12.9. The molecule has 2 N–H and O–H groups in total. The van der Waals surface area contributed by atoms with E-state index in [1.54, 1.807) is 6.07 Å². The number of alkyl halides is 3. The first kappa shape index (κ1) is 22.6. The molecule has 0 atom stereocenters. The lowest BCUT2D eigenvalue weighted by Gasteiger charge is -2.17. The van der Waals surface area contributed by atoms with Gasteiger partial charge in [0.25, 0.3) is 21.1 Å². The molecule has 0 aliphatic carbocycles. The second-order valence-electron chi connectivity index (χ2n) is 7.12. The number of amides is 1. The molecule has 1 aliphatic rings. The Balaban J connectivity index is 1.52. The van der Waals surface area contributed by atoms with Crippen LogP contribution in [0.4, 0.5) is 24.5 Å². The maximum absolute atomic E-state index is 12.9. The molecule has 3 heterocycles. The first-order valence-corrected chi connectivity index (χ1v) is 11.0. The van der Waals surface area contributed by atoms with Crippen LogP contribution in [-0.2, 0) is 29.3 Å². The molecule has 1 aromatic carbocycles. The van der Waals surface area contributed by atoms with E-state index in [1.165, 1.54) is 37.6 Å². The van der Waals surface area contributed by atoms with Crippen molar-refractivity contribution in [2.24, 2.45) is 0 Å². The topological polar surface area (TPSA) is 117 Å². The quantitative estimate of drug-likeness (QED) is 0.542. The molecule has 0 radical (unpaired) electrons. The van der Waals surface area contributed by atoms with E-state index < -0.39 is 27.7 Å². The third-order valence-electron chi connectivity index (χ3n) is 4.93. The van der Waals surface area contributed by atoms with Gasteiger partial charge in [0.2, 0.25) is 0 Å². The van der Waals surface area contributed by atoms with Crippen molar-refractivity contribution in [2.45, 2.75) is 24.4 Å². The van der Waals surface area contributed by atoms with Crippen molar-refractivity contribution in [2.75, 3.05) is 17.3 Å². The van der Waals surface area contributed by atoms with Crippen molar-refractivity contribution in [3.8, 4) is 0 Å². The molecule has 0 fully saturated rings. The summed E-state index contributed by atoms with van der Waals surface area (Å²) >= 11 is 0. The summed E-state index contributed by atoms with van der Waals surface area (Å²) in [4.78, 5) is 26.4. The molecule has 0 unspecified atom stereocenters. The first-order chi connectivity index (χ1) is 15.6. The van der Waals surface area contributed by atoms with E-state index in [0.29, 0.717) is 17.9 Å². The number of hydrogen-bond donors (Lipinski definition) is 2. The number of halogens is 3. The van der Waals surface area contributed by atoms with Gasteiger partial charge in [0.05, 0.1) is 17.8 Å². The molecule has 172 valence electrons. The normalized spacial score (nSPS) is 13.6. The number of sulfonamides is 1. The molecule has 2 aromatic heterocycles. The van der Waals surface area contributed by atoms with Crippen LogP contribution < -0.4 is 14.9 Å². The molecule has 0 saturated heterocycles. The maximum Gasteiger partial charge on any atom is 0.416 e. The number of nitrogens with one attached hydrogen (secondary N) is 2. The van der Waals surface area contributed by atoms with Crippen LogP contribution >= 0.6 is 0 Å². The SMILES string of the molecule is CNS(=O)(=O)c1ncc2c(n1)CN(c1ccnc(C(=O)Nc3cccc(C(F)(F)F)c3)c1)C2. The molecular formula is C20H17F3N6O3S. The average Bonchev–Trinajstić information content (AvgIpc) is 3.22. The predicted octanol–water partition coefficient (Wildman–Crippen LogP) is 2.57. The summed E-state index contributed by atoms with van der Waals surface area (Å²) in [7, 11) is -2.52. The van der Waals surface area contributed by atoms with Crippen molar-refractivity contribution < 1.29 is 26.4 Å². The highest BCUT2D eigenvalue weighted by Gasteiger charge is 2.30. The Kier molecular flexibility index (Phi) is 5.76. The lowest BCUT2D eigenvalue weighted by atomic mass is 10.2. The minimum absolute atomic E-state index is 0.00500. The second kappa shape index (κ2) is 8.41. The number of carbonyl (C=O) groups excluding carboxylic acids is 1. The zero-order valence-electron chi connectivity index (χ0n) is 17.1. The number of fused-ring (bicyclic) bond motifs is 1. The fourth-order valence-electron chi connectivity index (χ4n) is 3.25. The highest BCUT2D eigenvalue weighted by atomic mass is 32.2. The Hall–Kier alpha value is -3.58. The van der Waals surface area contributed by atoms with Gasteiger partial charge in [0, 0.05) is 35.9 Å². The minimum atomic E-state index is -4.53. The summed E-state index contributed by atoms with van der Waals surface area (Å²) in [6.07, 6.45) is -1.68. The van der Waals surface area contributed by atoms with Crippen molar-refractivity contribution in [3.05, 3.63) is 71.3 Å². The number of rotatable bonds is 5. The zero-order chi connectivity index (χ0) is 23.8. The standard InChI is InChI=1S/C20H17F3N6O3S/c1-24-33(31,32)19-26-9-12-10-29(11-17(12)28-19)15-5-6-25-16(8-15)18(30)27-14-4-2-3-13(7-14)20(21,22)23/h2-9,24H,10-11H2,1H3,(H,27,30). The number of hydrogen-bond acceptors (Lipinski definition) is 7. The Morgan fingerprint density at radius 3 is 2.64 bits per heavy atom. The lowest BCUT2D eigenvalue weighted by Crippen LogP contribution is -2.21. The Morgan fingerprint density at radius 1 is 1.12 bits per heavy atom. The van der Waals surface area contributed by atoms with Gasteiger partial charge in [-0.2, -0.15) is 13.2 Å². The molecule has 1 amide bonds. The van der Waals surface area contributed by atoms with Crippen molar-refractivity contribution >= 4 is 27.3 Å². The Morgan fingerprint density at radius 2 is 1.91 bits per heavy atom. The summed E-state index contributed by atoms with van der Waals surface area (Å²) in [5, 5.41) is 2.09. The molecule has 4 rings (SSSR count). The average molecular weight is 478 g/mol. The summed E-state index contributed by atoms with van der Waals surface area (Å²) in [5.74, 6) is -0.671. The van der Waals surface area contributed by atoms with Gasteiger partial charge in [-0.05, 0) is 37.4 Å². The van der Waals surface area contributed by atoms with Crippen molar-refractivity contribution in [1.29, 1.82) is 0 Å². The van der Waals surface area contributed by atoms with Crippen molar-refractivity contribution in [1.82, 2.24) is 19.7 Å². The summed E-state index contributed by atoms with van der Waals surface area (Å²) in [6.45, 7) is 0.663. The zero-order valence-corrected chi connectivity index (χ0v) is 17.9. The second-order valence-corrected chi connectivity index (χ2v) is 8.90. The van der Waals surface area contributed by atoms with E-state index in [0.717, 1.165) is 17.7 Å². The van der Waals surface area contributed by atoms with Gasteiger partial charge in [-0.15, -0.1) is 0 Å². The van der Waals surface area contributed by atoms with E-state index in [1.807, 2.05) is 4.90 Å². The Bertz CT molecular complexity index is 1330. The summed E-state index contributed by atoms with van der Waals surface area (Å²) in [6, 6.07) is 7.46.